The molecule has 19 N–H and O–H groups in total. The number of primary amides is 3. The third kappa shape index (κ3) is 19.8. The van der Waals surface area contributed by atoms with E-state index in [2.05, 4.69) is 9.47 Å². The number of Topliss-reactive ketones (excluding diaryl/α,β-unsaturated/α-hetero) is 1. The Morgan fingerprint density at radius 2 is 0.869 bits per heavy atom. The second-order valence-electron chi connectivity index (χ2n) is 22.6. The van der Waals surface area contributed by atoms with Gasteiger partial charge in [-0.2, -0.15) is 10.5 Å². The number of ketones is 1. The second kappa shape index (κ2) is 35.0. The predicted octanol–water partition coefficient (Wildman–Crippen LogP) is 2.98. The Bertz CT molecular complexity index is 3490. The summed E-state index contributed by atoms with van der Waals surface area (Å²) in [5, 5.41) is 80.1. The van der Waals surface area contributed by atoms with Gasteiger partial charge in [-0.05, 0) is 72.4 Å². The number of fused-ring (bicyclic) bond motifs is 3. The number of rotatable bonds is 24. The van der Waals surface area contributed by atoms with E-state index in [0.717, 1.165) is 23.6 Å². The third-order valence-corrected chi connectivity index (χ3v) is 18.5. The molecule has 99 heavy (non-hydrogen) atoms. The van der Waals surface area contributed by atoms with Gasteiger partial charge in [0.2, 0.25) is 16.9 Å². The fraction of sp³-hybridized carbons (Fsp3) is 0.475. The third-order valence-electron chi connectivity index (χ3n) is 16.3. The molecule has 0 radical (unpaired) electrons. The number of amides is 3. The molecule has 6 fully saturated rings. The number of carboxylic acids is 5. The van der Waals surface area contributed by atoms with E-state index < -0.39 is 167 Å². The normalized spacial score (nSPS) is 28.8. The van der Waals surface area contributed by atoms with Crippen LogP contribution in [0.15, 0.2) is 54.6 Å². The van der Waals surface area contributed by atoms with Gasteiger partial charge in [-0.1, -0.05) is 95.2 Å². The summed E-state index contributed by atoms with van der Waals surface area (Å²) in [5.41, 5.74) is 14.7. The summed E-state index contributed by atoms with van der Waals surface area (Å²) < 4.78 is 67.8. The van der Waals surface area contributed by atoms with E-state index in [1.165, 1.54) is 0 Å². The highest BCUT2D eigenvalue weighted by molar-refractivity contribution is 6.43. The summed E-state index contributed by atoms with van der Waals surface area (Å²) in [5.74, 6) is -15.7. The van der Waals surface area contributed by atoms with E-state index in [0.29, 0.717) is 30.1 Å². The van der Waals surface area contributed by atoms with Gasteiger partial charge in [0.15, 0.2) is 17.1 Å². The maximum absolute atomic E-state index is 14.5. The molecule has 0 bridgehead atoms. The van der Waals surface area contributed by atoms with Gasteiger partial charge in [-0.25, -0.2) is 22.8 Å². The lowest BCUT2D eigenvalue weighted by Gasteiger charge is -2.29. The second-order valence-corrected chi connectivity index (χ2v) is 25.1. The molecule has 6 saturated carbocycles. The standard InChI is InChI=1S/2C15H14Cl2FN3O2.C14H12Cl2FNO3.2C6H8O7.C2H4O2.CH4.H2O/c2*16-9-2-1-7(3-10(9)17)5-23-11-4-8-12(14(11,21)6-19)15(8,18)13(20)22;15-8-2-1-6(3-9(8)16)5-21-10-4-7-11(12(10)19)14(7,17)13(18)20;2*7-3-13-2-6(12,5(10)11)1-4(8)9;1-2(3)4;;/h2*1-3,8,11-12H,4-5,21H2,(H2,20,22);1-3,7,10-11H,4-5H2,(H2,18,20);2*3,12H,1-2H2,(H,8,9)(H,10,11);1H3,(H,3,4);1H4;1H2/t8-,11-,12-,14+,15-;8-,11-,12-,14-,15-;7-,10-,11-,14-;;;;;/m111...../s1. The number of hydrogen-bond donors (Lipinski definition) is 12. The van der Waals surface area contributed by atoms with Crippen molar-refractivity contribution in [3.63, 3.8) is 0 Å². The van der Waals surface area contributed by atoms with Gasteiger partial charge in [-0.3, -0.25) is 43.2 Å². The van der Waals surface area contributed by atoms with Crippen molar-refractivity contribution in [2.24, 2.45) is 64.2 Å². The van der Waals surface area contributed by atoms with E-state index in [9.17, 15) is 71.6 Å². The first-order valence-corrected chi connectivity index (χ1v) is 29.9. The van der Waals surface area contributed by atoms with Crippen LogP contribution >= 0.6 is 69.6 Å². The highest BCUT2D eigenvalue weighted by Crippen LogP contribution is 2.68. The van der Waals surface area contributed by atoms with Gasteiger partial charge in [0.25, 0.3) is 36.6 Å². The number of nitriles is 2. The van der Waals surface area contributed by atoms with Gasteiger partial charge in [0.1, 0.15) is 30.4 Å². The number of benzene rings is 3. The Balaban J connectivity index is 0.000000421. The highest BCUT2D eigenvalue weighted by atomic mass is 35.5. The first kappa shape index (κ1) is 87.3. The molecular weight excluding hydrogens is 1460 g/mol. The van der Waals surface area contributed by atoms with Crippen molar-refractivity contribution in [1.82, 2.24) is 0 Å². The summed E-state index contributed by atoms with van der Waals surface area (Å²) in [7, 11) is 0. The molecule has 3 aromatic rings. The van der Waals surface area contributed by atoms with Crippen molar-refractivity contribution in [2.45, 2.75) is 124 Å². The monoisotopic (exact) mass is 1520 g/mol. The molecule has 40 heteroatoms. The van der Waals surface area contributed by atoms with Crippen molar-refractivity contribution in [3.8, 4) is 12.1 Å². The van der Waals surface area contributed by atoms with Crippen molar-refractivity contribution >= 4 is 136 Å². The van der Waals surface area contributed by atoms with Crippen LogP contribution in [0.25, 0.3) is 0 Å². The number of carbonyl (C=O) groups excluding carboxylic acids is 6. The molecule has 16 atom stereocenters. The zero-order valence-electron chi connectivity index (χ0n) is 50.5. The topological polar surface area (TPSA) is 585 Å². The van der Waals surface area contributed by atoms with Crippen LogP contribution in [0.1, 0.15) is 63.1 Å². The van der Waals surface area contributed by atoms with Gasteiger partial charge < -0.3 is 93.6 Å². The van der Waals surface area contributed by atoms with Crippen molar-refractivity contribution in [1.29, 1.82) is 10.5 Å². The summed E-state index contributed by atoms with van der Waals surface area (Å²) in [6, 6.07) is 18.9. The fourth-order valence-electron chi connectivity index (χ4n) is 11.3. The predicted molar refractivity (Wildman–Crippen MR) is 336 cm³/mol. The minimum Gasteiger partial charge on any atom is -0.481 e. The lowest BCUT2D eigenvalue weighted by Crippen LogP contribution is -2.54. The highest BCUT2D eigenvalue weighted by Gasteiger charge is 2.84. The van der Waals surface area contributed by atoms with Gasteiger partial charge in [0, 0.05) is 36.5 Å². The summed E-state index contributed by atoms with van der Waals surface area (Å²) in [6.07, 6.45) is -3.58. The number of aliphatic hydroxyl groups is 2. The van der Waals surface area contributed by atoms with Crippen LogP contribution in [-0.4, -0.2) is 178 Å². The van der Waals surface area contributed by atoms with Crippen LogP contribution in [0.4, 0.5) is 13.2 Å². The Hall–Kier alpha value is -7.78. The van der Waals surface area contributed by atoms with Crippen LogP contribution in [-0.2, 0) is 96.2 Å². The smallest absolute Gasteiger partial charge is 0.339 e. The molecule has 0 aliphatic heterocycles. The zero-order valence-corrected chi connectivity index (χ0v) is 55.0. The number of halogens is 9. The molecule has 6 aliphatic carbocycles. The van der Waals surface area contributed by atoms with E-state index in [-0.39, 0.29) is 70.7 Å². The molecule has 9 rings (SSSR count). The summed E-state index contributed by atoms with van der Waals surface area (Å²) in [4.78, 5) is 115. The van der Waals surface area contributed by atoms with Gasteiger partial charge in [0.05, 0.1) is 93.1 Å². The molecule has 3 aromatic carbocycles. The number of nitrogens with zero attached hydrogens (tertiary/aromatic N) is 2. The fourth-order valence-corrected chi connectivity index (χ4v) is 12.3. The first-order valence-electron chi connectivity index (χ1n) is 27.6. The Kier molecular flexibility index (Phi) is 30.9. The molecule has 0 saturated heterocycles. The number of nitrogens with two attached hydrogens (primary N) is 5. The minimum atomic E-state index is -2.56. The molecule has 3 amide bonds. The summed E-state index contributed by atoms with van der Waals surface area (Å²) in [6.45, 7) is -0.376. The van der Waals surface area contributed by atoms with Crippen LogP contribution in [0.2, 0.25) is 30.1 Å². The molecule has 0 aromatic heterocycles. The molecule has 2 unspecified atom stereocenters. The van der Waals surface area contributed by atoms with Crippen molar-refractivity contribution < 1.29 is 131 Å². The van der Waals surface area contributed by atoms with E-state index in [1.54, 1.807) is 54.6 Å². The average Bonchev–Trinajstić information content (AvgIpc) is 1.52. The Morgan fingerprint density at radius 3 is 1.10 bits per heavy atom. The quantitative estimate of drug-likeness (QED) is 0.0574. The molecule has 31 nitrogen and oxygen atoms in total. The van der Waals surface area contributed by atoms with Gasteiger partial charge >= 0.3 is 23.9 Å². The lowest BCUT2D eigenvalue weighted by molar-refractivity contribution is -0.173. The van der Waals surface area contributed by atoms with Crippen LogP contribution in [0.5, 0.6) is 0 Å². The van der Waals surface area contributed by atoms with Crippen molar-refractivity contribution in [2.75, 3.05) is 13.2 Å². The average molecular weight is 1530 g/mol. The zero-order chi connectivity index (χ0) is 73.9. The van der Waals surface area contributed by atoms with Crippen LogP contribution in [0.3, 0.4) is 0 Å². The van der Waals surface area contributed by atoms with Crippen LogP contribution < -0.4 is 28.7 Å². The number of carbonyl (C=O) groups is 11. The number of aliphatic carboxylic acids is 5. The van der Waals surface area contributed by atoms with E-state index >= 15 is 0 Å². The van der Waals surface area contributed by atoms with E-state index in [4.69, 9.17) is 153 Å². The molecule has 0 heterocycles. The SMILES string of the molecule is C.CC(=O)O.N#C[C@@]1(N)[C@H]2[C@@H](C[C@H]1OCc1ccc(Cl)c(Cl)c1)[C@]2(F)C(N)=O.N#C[C@]1(N)[C@H]2[C@@H](C[C@H]1OCc1ccc(Cl)c(Cl)c1)[C@]2(F)C(N)=O.NC(=O)[C@@]1(F)[C@@H]2C[C@@H](OCc3ccc(Cl)c(Cl)c3)C(=O)[C@@H]21.O.O=COCC(O)(CC(=O)O)C(=O)O.O=COCC(O)(CC(=O)O)C(=O)O. The number of carboxylic acid groups (broad SMARTS) is 5. The Labute approximate surface area is 589 Å². The molecule has 6 aliphatic rings. The number of ether oxygens (including phenoxy) is 5. The first-order chi connectivity index (χ1) is 44.9. The minimum absolute atomic E-state index is 0. The number of hydrogen-bond acceptors (Lipinski definition) is 22. The van der Waals surface area contributed by atoms with E-state index in [1.807, 2.05) is 12.1 Å². The molecule has 0 spiro atoms. The lowest BCUT2D eigenvalue weighted by atomic mass is 9.89. The largest absolute Gasteiger partial charge is 0.481 e. The maximum atomic E-state index is 14.5. The molecular formula is C59H66Cl6F3N7O24. The molecule has 544 valence electrons. The van der Waals surface area contributed by atoms with Gasteiger partial charge in [-0.15, -0.1) is 0 Å². The van der Waals surface area contributed by atoms with Crippen molar-refractivity contribution in [3.05, 3.63) is 101 Å². The maximum Gasteiger partial charge on any atom is 0.339 e. The Morgan fingerprint density at radius 1 is 0.566 bits per heavy atom. The van der Waals surface area contributed by atoms with Crippen LogP contribution in [0, 0.1) is 58.2 Å². The number of alkyl halides is 3. The summed E-state index contributed by atoms with van der Waals surface area (Å²) >= 11 is 35.2.